The molecule has 0 amide bonds. The highest BCUT2D eigenvalue weighted by Crippen LogP contribution is 2.18. The molecule has 2 aromatic rings. The quantitative estimate of drug-likeness (QED) is 0.528. The van der Waals surface area contributed by atoms with Crippen molar-refractivity contribution < 1.29 is 4.73 Å². The molecule has 0 saturated heterocycles. The minimum absolute atomic E-state index is 0. The Bertz CT molecular complexity index is 375. The van der Waals surface area contributed by atoms with Crippen LogP contribution in [0.15, 0.2) is 36.1 Å². The summed E-state index contributed by atoms with van der Waals surface area (Å²) in [4.78, 5) is 4.09. The van der Waals surface area contributed by atoms with Crippen LogP contribution >= 0.6 is 11.3 Å². The molecule has 0 aliphatic heterocycles. The molecule has 5 heteroatoms. The fourth-order valence-corrected chi connectivity index (χ4v) is 1.58. The second-order valence-corrected chi connectivity index (χ2v) is 3.18. The van der Waals surface area contributed by atoms with Crippen LogP contribution in [0.25, 0.3) is 10.6 Å². The van der Waals surface area contributed by atoms with Crippen molar-refractivity contribution in [2.75, 3.05) is 0 Å². The molecule has 0 fully saturated rings. The number of hydrogen-bond acceptors (Lipinski definition) is 3. The molecule has 0 saturated carbocycles. The van der Waals surface area contributed by atoms with E-state index in [9.17, 15) is 5.21 Å². The first kappa shape index (κ1) is 10.0. The van der Waals surface area contributed by atoms with E-state index >= 15 is 0 Å². The summed E-state index contributed by atoms with van der Waals surface area (Å²) in [5.74, 6) is 0. The van der Waals surface area contributed by atoms with Gasteiger partial charge in [0.2, 0.25) is 0 Å². The molecule has 0 atom stereocenters. The van der Waals surface area contributed by atoms with Crippen molar-refractivity contribution in [2.24, 2.45) is 0 Å². The first-order chi connectivity index (χ1) is 5.86. The minimum Gasteiger partial charge on any atom is -2.00 e. The van der Waals surface area contributed by atoms with E-state index in [0.717, 1.165) is 15.3 Å². The van der Waals surface area contributed by atoms with Gasteiger partial charge in [0.15, 0.2) is 12.4 Å². The zero-order valence-electron chi connectivity index (χ0n) is 6.58. The second kappa shape index (κ2) is 4.25. The third-order valence-corrected chi connectivity index (χ3v) is 2.28. The molecule has 0 spiro atoms. The first-order valence-corrected chi connectivity index (χ1v) is 4.33. The molecule has 68 valence electrons. The van der Waals surface area contributed by atoms with Crippen LogP contribution in [0.2, 0.25) is 0 Å². The van der Waals surface area contributed by atoms with E-state index in [-0.39, 0.29) is 13.5 Å². The Labute approximate surface area is 86.7 Å². The zero-order valence-corrected chi connectivity index (χ0v) is 8.22. The van der Waals surface area contributed by atoms with Gasteiger partial charge in [-0.2, -0.15) is 4.73 Å². The summed E-state index contributed by atoms with van der Waals surface area (Å²) in [5, 5.41) is 13.6. The number of hydrogen-bond donors (Lipinski definition) is 0. The highest BCUT2D eigenvalue weighted by atomic mass is 32.1. The van der Waals surface area contributed by atoms with Crippen LogP contribution < -0.4 is 4.73 Å². The highest BCUT2D eigenvalue weighted by molar-refractivity contribution is 7.37. The van der Waals surface area contributed by atoms with Gasteiger partial charge in [0.25, 0.3) is 0 Å². The highest BCUT2D eigenvalue weighted by Gasteiger charge is 2.02. The maximum absolute atomic E-state index is 10.9. The van der Waals surface area contributed by atoms with Gasteiger partial charge >= 0.3 is 0 Å². The van der Waals surface area contributed by atoms with Gasteiger partial charge in [-0.3, -0.25) is 0 Å². The average Bonchev–Trinajstić information content (AvgIpc) is 2.56. The van der Waals surface area contributed by atoms with E-state index in [0.29, 0.717) is 0 Å². The Hall–Kier alpha value is -1.07. The number of thiazole rings is 1. The molecular weight excluding hydrogens is 204 g/mol. The predicted octanol–water partition coefficient (Wildman–Crippen LogP) is 1.44. The summed E-state index contributed by atoms with van der Waals surface area (Å²) in [7, 11) is 0. The number of rotatable bonds is 1. The molecule has 0 radical (unpaired) electrons. The molecule has 2 heterocycles. The molecule has 0 aliphatic carbocycles. The fourth-order valence-electron chi connectivity index (χ4n) is 0.947. The van der Waals surface area contributed by atoms with Gasteiger partial charge in [-0.1, -0.05) is 0 Å². The Balaban J connectivity index is 0.000000845. The standard InChI is InChI=1S/C8H6N2OS.S/c11-10-4-1-2-7(6-10)8-9-3-5-12-8;/h1-6H;/q;-2. The number of aromatic nitrogens is 2. The second-order valence-electron chi connectivity index (χ2n) is 2.29. The summed E-state index contributed by atoms with van der Waals surface area (Å²) in [6.45, 7) is 0. The van der Waals surface area contributed by atoms with E-state index in [4.69, 9.17) is 0 Å². The Kier molecular flexibility index (Phi) is 3.27. The lowest BCUT2D eigenvalue weighted by atomic mass is 10.3. The van der Waals surface area contributed by atoms with Gasteiger partial charge in [-0.05, 0) is 6.07 Å². The van der Waals surface area contributed by atoms with E-state index in [1.165, 1.54) is 23.7 Å². The predicted molar refractivity (Wildman–Crippen MR) is 53.9 cm³/mol. The van der Waals surface area contributed by atoms with Crippen molar-refractivity contribution >= 4 is 24.8 Å². The van der Waals surface area contributed by atoms with E-state index < -0.39 is 0 Å². The van der Waals surface area contributed by atoms with Crippen molar-refractivity contribution in [2.45, 2.75) is 0 Å². The van der Waals surface area contributed by atoms with Crippen molar-refractivity contribution in [3.8, 4) is 10.6 Å². The summed E-state index contributed by atoms with van der Waals surface area (Å²) < 4.78 is 0.775. The normalized spacial score (nSPS) is 9.23. The van der Waals surface area contributed by atoms with Gasteiger partial charge in [0.1, 0.15) is 5.01 Å². The van der Waals surface area contributed by atoms with E-state index in [2.05, 4.69) is 4.98 Å². The third kappa shape index (κ3) is 2.19. The molecule has 3 nitrogen and oxygen atoms in total. The molecular formula is C8H6N2OS2-2. The monoisotopic (exact) mass is 210 g/mol. The third-order valence-electron chi connectivity index (χ3n) is 1.45. The van der Waals surface area contributed by atoms with E-state index in [1.807, 2.05) is 11.4 Å². The number of pyridine rings is 1. The topological polar surface area (TPSA) is 39.8 Å². The minimum atomic E-state index is 0. The fraction of sp³-hybridized carbons (Fsp3) is 0. The van der Waals surface area contributed by atoms with Gasteiger partial charge < -0.3 is 18.7 Å². The Morgan fingerprint density at radius 2 is 2.31 bits per heavy atom. The first-order valence-electron chi connectivity index (χ1n) is 3.45. The summed E-state index contributed by atoms with van der Waals surface area (Å²) in [5.41, 5.74) is 0.863. The van der Waals surface area contributed by atoms with Crippen LogP contribution in [0, 0.1) is 5.21 Å². The van der Waals surface area contributed by atoms with Gasteiger partial charge in [-0.15, -0.1) is 11.3 Å². The molecule has 0 aliphatic rings. The molecule has 0 aromatic carbocycles. The van der Waals surface area contributed by atoms with Crippen LogP contribution in [0.1, 0.15) is 0 Å². The van der Waals surface area contributed by atoms with Crippen LogP contribution in [-0.4, -0.2) is 4.98 Å². The Morgan fingerprint density at radius 3 is 2.92 bits per heavy atom. The van der Waals surface area contributed by atoms with E-state index in [1.54, 1.807) is 12.3 Å². The van der Waals surface area contributed by atoms with Crippen molar-refractivity contribution in [3.63, 3.8) is 0 Å². The summed E-state index contributed by atoms with van der Waals surface area (Å²) >= 11 is 1.52. The lowest BCUT2D eigenvalue weighted by Gasteiger charge is -2.00. The maximum atomic E-state index is 10.9. The van der Waals surface area contributed by atoms with Crippen LogP contribution in [0.3, 0.4) is 0 Å². The largest absolute Gasteiger partial charge is 2.00 e. The lowest BCUT2D eigenvalue weighted by Crippen LogP contribution is -2.23. The van der Waals surface area contributed by atoms with Crippen molar-refractivity contribution in [1.82, 2.24) is 4.98 Å². The summed E-state index contributed by atoms with van der Waals surface area (Å²) in [6, 6.07) is 3.58. The Morgan fingerprint density at radius 1 is 1.46 bits per heavy atom. The maximum Gasteiger partial charge on any atom is 0.190 e. The molecule has 0 N–H and O–H groups in total. The molecule has 0 unspecified atom stereocenters. The SMILES string of the molecule is [O-][n+]1cccc(-c2nccs2)c1.[S-2]. The summed E-state index contributed by atoms with van der Waals surface area (Å²) in [6.07, 6.45) is 4.69. The van der Waals surface area contributed by atoms with Crippen molar-refractivity contribution in [1.29, 1.82) is 0 Å². The molecule has 2 rings (SSSR count). The molecule has 0 bridgehead atoms. The van der Waals surface area contributed by atoms with Crippen LogP contribution in [0.4, 0.5) is 0 Å². The van der Waals surface area contributed by atoms with Gasteiger partial charge in [0.05, 0.1) is 5.56 Å². The lowest BCUT2D eigenvalue weighted by molar-refractivity contribution is -0.604. The molecule has 13 heavy (non-hydrogen) atoms. The van der Waals surface area contributed by atoms with Crippen LogP contribution in [0.5, 0.6) is 0 Å². The van der Waals surface area contributed by atoms with Crippen LogP contribution in [-0.2, 0) is 13.5 Å². The zero-order chi connectivity index (χ0) is 8.39. The van der Waals surface area contributed by atoms with Gasteiger partial charge in [-0.25, -0.2) is 4.98 Å². The van der Waals surface area contributed by atoms with Gasteiger partial charge in [0, 0.05) is 17.6 Å². The molecule has 2 aromatic heterocycles. The smallest absolute Gasteiger partial charge is 0.190 e. The van der Waals surface area contributed by atoms with Crippen molar-refractivity contribution in [3.05, 3.63) is 41.3 Å². The average molecular weight is 210 g/mol. The number of nitrogens with zero attached hydrogens (tertiary/aromatic N) is 2.